The normalized spacial score (nSPS) is 10.5. The maximum Gasteiger partial charge on any atom is 0.371 e. The maximum absolute atomic E-state index is 10.8. The minimum absolute atomic E-state index is 0.0778. The second-order valence-electron chi connectivity index (χ2n) is 3.86. The summed E-state index contributed by atoms with van der Waals surface area (Å²) in [5.41, 5.74) is 0.715. The summed E-state index contributed by atoms with van der Waals surface area (Å²) >= 11 is 6.75. The number of halogens is 2. The molecule has 0 spiro atoms. The Labute approximate surface area is 126 Å². The number of carboxylic acid groups (broad SMARTS) is 1. The van der Waals surface area contributed by atoms with Gasteiger partial charge in [0.25, 0.3) is 0 Å². The molecular weight excluding hydrogens is 380 g/mol. The molecule has 2 rings (SSSR count). The highest BCUT2D eigenvalue weighted by Gasteiger charge is 2.13. The number of carboxylic acids is 1. The molecule has 100 valence electrons. The van der Waals surface area contributed by atoms with Crippen LogP contribution in [0.1, 0.15) is 21.9 Å². The van der Waals surface area contributed by atoms with Crippen LogP contribution in [0.4, 0.5) is 0 Å². The topological polar surface area (TPSA) is 59.7 Å². The Bertz CT molecular complexity index is 619. The number of aromatic carboxylic acids is 1. The third-order valence-electron chi connectivity index (χ3n) is 2.51. The van der Waals surface area contributed by atoms with Gasteiger partial charge in [-0.2, -0.15) is 0 Å². The number of ether oxygens (including phenoxy) is 1. The van der Waals surface area contributed by atoms with Crippen LogP contribution in [0.15, 0.2) is 37.6 Å². The average Bonchev–Trinajstić information content (AvgIpc) is 2.70. The van der Waals surface area contributed by atoms with E-state index in [4.69, 9.17) is 14.3 Å². The van der Waals surface area contributed by atoms with Crippen LogP contribution in [-0.4, -0.2) is 11.1 Å². The summed E-state index contributed by atoms with van der Waals surface area (Å²) in [7, 11) is 0. The molecule has 0 saturated heterocycles. The molecular formula is C13H10Br2O4. The summed E-state index contributed by atoms with van der Waals surface area (Å²) in [6.07, 6.45) is 0. The third-order valence-corrected chi connectivity index (χ3v) is 3.62. The lowest BCUT2D eigenvalue weighted by Gasteiger charge is -2.07. The number of hydrogen-bond acceptors (Lipinski definition) is 3. The molecule has 0 fully saturated rings. The SMILES string of the molecule is Cc1oc(C(=O)O)cc1COc1ccc(Br)cc1Br. The number of furan rings is 1. The highest BCUT2D eigenvalue weighted by atomic mass is 79.9. The van der Waals surface area contributed by atoms with Gasteiger partial charge in [0.1, 0.15) is 18.1 Å². The van der Waals surface area contributed by atoms with Gasteiger partial charge in [-0.3, -0.25) is 0 Å². The molecule has 1 N–H and O–H groups in total. The average molecular weight is 390 g/mol. The van der Waals surface area contributed by atoms with E-state index in [1.807, 2.05) is 18.2 Å². The maximum atomic E-state index is 10.8. The first-order valence-electron chi connectivity index (χ1n) is 5.38. The Hall–Kier alpha value is -1.27. The predicted molar refractivity (Wildman–Crippen MR) is 76.6 cm³/mol. The van der Waals surface area contributed by atoms with E-state index in [-0.39, 0.29) is 12.4 Å². The Morgan fingerprint density at radius 2 is 2.11 bits per heavy atom. The summed E-state index contributed by atoms with van der Waals surface area (Å²) < 4.78 is 12.5. The van der Waals surface area contributed by atoms with Gasteiger partial charge in [0.05, 0.1) is 4.47 Å². The van der Waals surface area contributed by atoms with Crippen molar-refractivity contribution >= 4 is 37.8 Å². The summed E-state index contributed by atoms with van der Waals surface area (Å²) in [6.45, 7) is 1.96. The highest BCUT2D eigenvalue weighted by Crippen LogP contribution is 2.29. The van der Waals surface area contributed by atoms with Gasteiger partial charge in [-0.25, -0.2) is 4.79 Å². The zero-order valence-electron chi connectivity index (χ0n) is 9.94. The molecule has 4 nitrogen and oxygen atoms in total. The molecule has 1 aromatic heterocycles. The van der Waals surface area contributed by atoms with Crippen LogP contribution >= 0.6 is 31.9 Å². The van der Waals surface area contributed by atoms with Crippen LogP contribution in [0, 0.1) is 6.92 Å². The summed E-state index contributed by atoms with van der Waals surface area (Å²) in [4.78, 5) is 10.8. The fourth-order valence-electron chi connectivity index (χ4n) is 1.52. The minimum Gasteiger partial charge on any atom is -0.488 e. The Kier molecular flexibility index (Phi) is 4.31. The van der Waals surface area contributed by atoms with E-state index in [2.05, 4.69) is 31.9 Å². The van der Waals surface area contributed by atoms with Crippen LogP contribution in [0.25, 0.3) is 0 Å². The van der Waals surface area contributed by atoms with Crippen molar-refractivity contribution in [3.63, 3.8) is 0 Å². The number of hydrogen-bond donors (Lipinski definition) is 1. The summed E-state index contributed by atoms with van der Waals surface area (Å²) in [6, 6.07) is 7.04. The molecule has 0 atom stereocenters. The molecule has 0 amide bonds. The first-order valence-corrected chi connectivity index (χ1v) is 6.96. The van der Waals surface area contributed by atoms with Gasteiger partial charge in [0.15, 0.2) is 0 Å². The van der Waals surface area contributed by atoms with Crippen molar-refractivity contribution in [3.8, 4) is 5.75 Å². The minimum atomic E-state index is -1.08. The molecule has 0 radical (unpaired) electrons. The number of aryl methyl sites for hydroxylation is 1. The van der Waals surface area contributed by atoms with Gasteiger partial charge in [-0.1, -0.05) is 15.9 Å². The van der Waals surface area contributed by atoms with Crippen molar-refractivity contribution in [2.75, 3.05) is 0 Å². The van der Waals surface area contributed by atoms with Gasteiger partial charge in [0, 0.05) is 10.0 Å². The van der Waals surface area contributed by atoms with Crippen LogP contribution < -0.4 is 4.74 Å². The predicted octanol–water partition coefficient (Wildman–Crippen LogP) is 4.39. The van der Waals surface area contributed by atoms with Gasteiger partial charge in [0.2, 0.25) is 5.76 Å². The molecule has 0 aliphatic rings. The molecule has 0 aliphatic heterocycles. The Balaban J connectivity index is 2.12. The number of rotatable bonds is 4. The molecule has 2 aromatic rings. The Morgan fingerprint density at radius 1 is 1.37 bits per heavy atom. The van der Waals surface area contributed by atoms with Gasteiger partial charge < -0.3 is 14.3 Å². The zero-order chi connectivity index (χ0) is 14.0. The van der Waals surface area contributed by atoms with Crippen molar-refractivity contribution in [3.05, 3.63) is 50.3 Å². The second kappa shape index (κ2) is 5.79. The molecule has 6 heteroatoms. The lowest BCUT2D eigenvalue weighted by atomic mass is 10.2. The number of benzene rings is 1. The molecule has 1 heterocycles. The Morgan fingerprint density at radius 3 is 2.68 bits per heavy atom. The van der Waals surface area contributed by atoms with E-state index >= 15 is 0 Å². The summed E-state index contributed by atoms with van der Waals surface area (Å²) in [5, 5.41) is 8.84. The van der Waals surface area contributed by atoms with E-state index in [0.717, 1.165) is 8.95 Å². The standard InChI is InChI=1S/C13H10Br2O4/c1-7-8(4-12(19-7)13(16)17)6-18-11-3-2-9(14)5-10(11)15/h2-5H,6H2,1H3,(H,16,17). The molecule has 0 aliphatic carbocycles. The van der Waals surface area contributed by atoms with Crippen molar-refractivity contribution in [2.24, 2.45) is 0 Å². The van der Waals surface area contributed by atoms with Crippen LogP contribution in [0.5, 0.6) is 5.75 Å². The van der Waals surface area contributed by atoms with Crippen LogP contribution in [-0.2, 0) is 6.61 Å². The van der Waals surface area contributed by atoms with E-state index in [1.165, 1.54) is 6.07 Å². The molecule has 0 unspecified atom stereocenters. The van der Waals surface area contributed by atoms with E-state index in [9.17, 15) is 4.79 Å². The molecule has 1 aromatic carbocycles. The monoisotopic (exact) mass is 388 g/mol. The van der Waals surface area contributed by atoms with E-state index in [0.29, 0.717) is 17.1 Å². The summed E-state index contributed by atoms with van der Waals surface area (Å²) in [5.74, 6) is 0.0662. The second-order valence-corrected chi connectivity index (χ2v) is 5.63. The van der Waals surface area contributed by atoms with Gasteiger partial charge in [-0.15, -0.1) is 0 Å². The molecule has 19 heavy (non-hydrogen) atoms. The quantitative estimate of drug-likeness (QED) is 0.842. The van der Waals surface area contributed by atoms with E-state index < -0.39 is 5.97 Å². The van der Waals surface area contributed by atoms with Crippen LogP contribution in [0.3, 0.4) is 0 Å². The third kappa shape index (κ3) is 3.39. The van der Waals surface area contributed by atoms with Crippen LogP contribution in [0.2, 0.25) is 0 Å². The van der Waals surface area contributed by atoms with Crippen molar-refractivity contribution in [2.45, 2.75) is 13.5 Å². The van der Waals surface area contributed by atoms with Gasteiger partial charge >= 0.3 is 5.97 Å². The van der Waals surface area contributed by atoms with Gasteiger partial charge in [-0.05, 0) is 47.1 Å². The molecule has 0 saturated carbocycles. The fraction of sp³-hybridized carbons (Fsp3) is 0.154. The lowest BCUT2D eigenvalue weighted by Crippen LogP contribution is -1.96. The number of carbonyl (C=O) groups is 1. The highest BCUT2D eigenvalue weighted by molar-refractivity contribution is 9.11. The largest absolute Gasteiger partial charge is 0.488 e. The van der Waals surface area contributed by atoms with E-state index in [1.54, 1.807) is 6.92 Å². The van der Waals surface area contributed by atoms with Crippen molar-refractivity contribution in [1.29, 1.82) is 0 Å². The first kappa shape index (κ1) is 14.1. The fourth-order valence-corrected chi connectivity index (χ4v) is 2.68. The lowest BCUT2D eigenvalue weighted by molar-refractivity contribution is 0.0661. The smallest absolute Gasteiger partial charge is 0.371 e. The van der Waals surface area contributed by atoms with Crippen molar-refractivity contribution < 1.29 is 19.1 Å². The zero-order valence-corrected chi connectivity index (χ0v) is 13.1. The molecule has 0 bridgehead atoms. The van der Waals surface area contributed by atoms with Crippen molar-refractivity contribution in [1.82, 2.24) is 0 Å². The first-order chi connectivity index (χ1) is 8.97.